The summed E-state index contributed by atoms with van der Waals surface area (Å²) in [5.74, 6) is -0.863. The molecular formula is C20H19NO4S. The van der Waals surface area contributed by atoms with E-state index in [4.69, 9.17) is 5.11 Å². The quantitative estimate of drug-likeness (QED) is 0.689. The van der Waals surface area contributed by atoms with Crippen molar-refractivity contribution < 1.29 is 18.3 Å². The number of nitrogens with one attached hydrogen (secondary N) is 1. The molecule has 3 rings (SSSR count). The Hall–Kier alpha value is -2.86. The summed E-state index contributed by atoms with van der Waals surface area (Å²) in [6, 6.07) is 17.5. The fraction of sp³-hybridized carbons (Fsp3) is 0.150. The van der Waals surface area contributed by atoms with Crippen LogP contribution >= 0.6 is 0 Å². The average Bonchev–Trinajstić information content (AvgIpc) is 2.61. The monoisotopic (exact) mass is 369 g/mol. The van der Waals surface area contributed by atoms with Gasteiger partial charge in [-0.3, -0.25) is 9.52 Å². The van der Waals surface area contributed by atoms with Gasteiger partial charge < -0.3 is 5.11 Å². The smallest absolute Gasteiger partial charge is 0.303 e. The standard InChI is InChI=1S/C20H19NO4S/c1-14-6-10-16(11-7-14)26(24,25)21-19-12-8-15(9-13-20(22)23)17-4-2-3-5-18(17)19/h2-8,10-12,21H,9,13H2,1H3,(H,22,23). The SMILES string of the molecule is Cc1ccc(S(=O)(=O)Nc2ccc(CCC(=O)O)c3ccccc23)cc1. The number of carbonyl (C=O) groups is 1. The maximum Gasteiger partial charge on any atom is 0.303 e. The first kappa shape index (κ1) is 17.9. The van der Waals surface area contributed by atoms with Gasteiger partial charge in [0.05, 0.1) is 10.6 Å². The third-order valence-corrected chi connectivity index (χ3v) is 5.58. The molecule has 134 valence electrons. The van der Waals surface area contributed by atoms with Gasteiger partial charge >= 0.3 is 5.97 Å². The van der Waals surface area contributed by atoms with Crippen molar-refractivity contribution in [3.05, 3.63) is 71.8 Å². The number of sulfonamides is 1. The van der Waals surface area contributed by atoms with E-state index < -0.39 is 16.0 Å². The van der Waals surface area contributed by atoms with Crippen LogP contribution in [0.25, 0.3) is 10.8 Å². The molecule has 0 aliphatic carbocycles. The summed E-state index contributed by atoms with van der Waals surface area (Å²) in [6.07, 6.45) is 0.416. The third kappa shape index (κ3) is 3.86. The van der Waals surface area contributed by atoms with Crippen LogP contribution in [0.3, 0.4) is 0 Å². The van der Waals surface area contributed by atoms with E-state index in [0.717, 1.165) is 21.9 Å². The number of benzene rings is 3. The fourth-order valence-electron chi connectivity index (χ4n) is 2.83. The van der Waals surface area contributed by atoms with Crippen molar-refractivity contribution in [2.45, 2.75) is 24.7 Å². The molecule has 6 heteroatoms. The molecule has 3 aromatic rings. The van der Waals surface area contributed by atoms with Gasteiger partial charge in [0.1, 0.15) is 0 Å². The van der Waals surface area contributed by atoms with Crippen LogP contribution in [0.1, 0.15) is 17.5 Å². The second-order valence-corrected chi connectivity index (χ2v) is 7.81. The number of carboxylic acid groups (broad SMARTS) is 1. The first-order valence-electron chi connectivity index (χ1n) is 8.19. The van der Waals surface area contributed by atoms with Crippen LogP contribution in [0, 0.1) is 6.92 Å². The highest BCUT2D eigenvalue weighted by atomic mass is 32.2. The maximum atomic E-state index is 12.7. The molecule has 0 spiro atoms. The summed E-state index contributed by atoms with van der Waals surface area (Å²) in [5, 5.41) is 10.5. The number of aliphatic carboxylic acids is 1. The van der Waals surface area contributed by atoms with Gasteiger partial charge in [-0.15, -0.1) is 0 Å². The molecule has 0 saturated carbocycles. The molecule has 5 nitrogen and oxygen atoms in total. The molecule has 0 atom stereocenters. The molecule has 26 heavy (non-hydrogen) atoms. The third-order valence-electron chi connectivity index (χ3n) is 4.20. The van der Waals surface area contributed by atoms with Crippen molar-refractivity contribution in [3.63, 3.8) is 0 Å². The summed E-state index contributed by atoms with van der Waals surface area (Å²) >= 11 is 0. The van der Waals surface area contributed by atoms with Crippen molar-refractivity contribution in [2.24, 2.45) is 0 Å². The lowest BCUT2D eigenvalue weighted by Crippen LogP contribution is -2.13. The summed E-state index contributed by atoms with van der Waals surface area (Å²) in [7, 11) is -3.70. The Labute approximate surface area is 152 Å². The molecule has 0 heterocycles. The minimum Gasteiger partial charge on any atom is -0.481 e. The zero-order chi connectivity index (χ0) is 18.7. The molecule has 0 radical (unpaired) electrons. The molecule has 0 bridgehead atoms. The van der Waals surface area contributed by atoms with E-state index in [1.54, 1.807) is 36.4 Å². The van der Waals surface area contributed by atoms with Crippen molar-refractivity contribution in [3.8, 4) is 0 Å². The number of hydrogen-bond donors (Lipinski definition) is 2. The van der Waals surface area contributed by atoms with E-state index in [2.05, 4.69) is 4.72 Å². The van der Waals surface area contributed by atoms with Crippen LogP contribution in [0.4, 0.5) is 5.69 Å². The molecule has 3 aromatic carbocycles. The van der Waals surface area contributed by atoms with Gasteiger partial charge in [0.2, 0.25) is 0 Å². The summed E-state index contributed by atoms with van der Waals surface area (Å²) < 4.78 is 28.0. The van der Waals surface area contributed by atoms with Gasteiger partial charge in [0, 0.05) is 11.8 Å². The summed E-state index contributed by atoms with van der Waals surface area (Å²) in [4.78, 5) is 11.0. The Morgan fingerprint density at radius 3 is 2.27 bits per heavy atom. The van der Waals surface area contributed by atoms with Gasteiger partial charge in [-0.2, -0.15) is 0 Å². The Morgan fingerprint density at radius 2 is 1.62 bits per heavy atom. The first-order valence-corrected chi connectivity index (χ1v) is 9.67. The second kappa shape index (κ2) is 7.17. The van der Waals surface area contributed by atoms with Gasteiger partial charge in [-0.05, 0) is 42.5 Å². The van der Waals surface area contributed by atoms with Crippen molar-refractivity contribution >= 4 is 32.5 Å². The zero-order valence-corrected chi connectivity index (χ0v) is 15.1. The zero-order valence-electron chi connectivity index (χ0n) is 14.3. The van der Waals surface area contributed by atoms with Crippen molar-refractivity contribution in [2.75, 3.05) is 4.72 Å². The van der Waals surface area contributed by atoms with E-state index in [1.165, 1.54) is 0 Å². The summed E-state index contributed by atoms with van der Waals surface area (Å²) in [5.41, 5.74) is 2.33. The topological polar surface area (TPSA) is 83.5 Å². The number of carboxylic acids is 1. The lowest BCUT2D eigenvalue weighted by molar-refractivity contribution is -0.136. The van der Waals surface area contributed by atoms with E-state index in [-0.39, 0.29) is 11.3 Å². The van der Waals surface area contributed by atoms with Crippen molar-refractivity contribution in [1.29, 1.82) is 0 Å². The molecule has 0 saturated heterocycles. The second-order valence-electron chi connectivity index (χ2n) is 6.13. The average molecular weight is 369 g/mol. The highest BCUT2D eigenvalue weighted by Crippen LogP contribution is 2.29. The van der Waals surface area contributed by atoms with Gasteiger partial charge in [-0.1, -0.05) is 48.0 Å². The Balaban J connectivity index is 1.99. The fourth-order valence-corrected chi connectivity index (χ4v) is 3.91. The minimum absolute atomic E-state index is 0.0262. The highest BCUT2D eigenvalue weighted by molar-refractivity contribution is 7.92. The number of rotatable bonds is 6. The predicted molar refractivity (Wildman–Crippen MR) is 102 cm³/mol. The Bertz CT molecular complexity index is 1060. The van der Waals surface area contributed by atoms with Crippen LogP contribution in [-0.4, -0.2) is 19.5 Å². The number of anilines is 1. The van der Waals surface area contributed by atoms with E-state index >= 15 is 0 Å². The largest absolute Gasteiger partial charge is 0.481 e. The lowest BCUT2D eigenvalue weighted by atomic mass is 10.00. The van der Waals surface area contributed by atoms with Gasteiger partial charge in [0.25, 0.3) is 10.0 Å². The predicted octanol–water partition coefficient (Wildman–Crippen LogP) is 3.97. The molecule has 0 aromatic heterocycles. The number of fused-ring (bicyclic) bond motifs is 1. The molecule has 0 unspecified atom stereocenters. The molecule has 2 N–H and O–H groups in total. The molecule has 0 aliphatic rings. The number of hydrogen-bond acceptors (Lipinski definition) is 3. The van der Waals surface area contributed by atoms with E-state index in [9.17, 15) is 13.2 Å². The molecule has 0 amide bonds. The maximum absolute atomic E-state index is 12.7. The molecule has 0 aliphatic heterocycles. The Morgan fingerprint density at radius 1 is 0.962 bits per heavy atom. The van der Waals surface area contributed by atoms with Crippen LogP contribution < -0.4 is 4.72 Å². The molecule has 0 fully saturated rings. The van der Waals surface area contributed by atoms with Crippen molar-refractivity contribution in [1.82, 2.24) is 0 Å². The normalized spacial score (nSPS) is 11.4. The molecular weight excluding hydrogens is 350 g/mol. The van der Waals surface area contributed by atoms with E-state index in [0.29, 0.717) is 12.1 Å². The summed E-state index contributed by atoms with van der Waals surface area (Å²) in [6.45, 7) is 1.90. The van der Waals surface area contributed by atoms with Gasteiger partial charge in [-0.25, -0.2) is 8.42 Å². The van der Waals surface area contributed by atoms with Crippen LogP contribution in [0.2, 0.25) is 0 Å². The first-order chi connectivity index (χ1) is 12.4. The van der Waals surface area contributed by atoms with Gasteiger partial charge in [0.15, 0.2) is 0 Å². The number of aryl methyl sites for hydroxylation is 2. The van der Waals surface area contributed by atoms with Crippen LogP contribution in [0.5, 0.6) is 0 Å². The highest BCUT2D eigenvalue weighted by Gasteiger charge is 2.16. The van der Waals surface area contributed by atoms with Crippen LogP contribution in [0.15, 0.2) is 65.6 Å². The van der Waals surface area contributed by atoms with E-state index in [1.807, 2.05) is 31.2 Å². The van der Waals surface area contributed by atoms with Crippen LogP contribution in [-0.2, 0) is 21.2 Å². The Kier molecular flexibility index (Phi) is 4.95. The lowest BCUT2D eigenvalue weighted by Gasteiger charge is -2.13. The minimum atomic E-state index is -3.70.